The van der Waals surface area contributed by atoms with Gasteiger partial charge in [-0.25, -0.2) is 0 Å². The largest absolute Gasteiger partial charge is 0.396 e. The Labute approximate surface area is 182 Å². The molecule has 1 saturated carbocycles. The molecule has 3 unspecified atom stereocenters. The smallest absolute Gasteiger partial charge is 0.0487 e. The molecule has 0 radical (unpaired) electrons. The Bertz CT molecular complexity index is 609. The zero-order valence-electron chi connectivity index (χ0n) is 21.2. The lowest BCUT2D eigenvalue weighted by molar-refractivity contribution is -0.0387. The number of hydrogen-bond donors (Lipinski definition) is 1. The van der Waals surface area contributed by atoms with Crippen LogP contribution in [0.3, 0.4) is 0 Å². The minimum atomic E-state index is 0.129. The van der Waals surface area contributed by atoms with Crippen molar-refractivity contribution in [3.05, 3.63) is 34.9 Å². The summed E-state index contributed by atoms with van der Waals surface area (Å²) in [4.78, 5) is 0. The zero-order valence-corrected chi connectivity index (χ0v) is 21.2. The van der Waals surface area contributed by atoms with Gasteiger partial charge >= 0.3 is 0 Å². The van der Waals surface area contributed by atoms with Crippen molar-refractivity contribution in [1.29, 1.82) is 0 Å². The SMILES string of the molecule is C=C(C)C1=CC2=C(CC1)C1(C)CCCC(C)(CO)C1CC2.CC(C)(C)C.CCC. The normalized spacial score (nSPS) is 31.2. The molecule has 0 saturated heterocycles. The summed E-state index contributed by atoms with van der Waals surface area (Å²) < 4.78 is 0. The van der Waals surface area contributed by atoms with E-state index in [0.29, 0.717) is 23.4 Å². The Kier molecular flexibility index (Phi) is 9.47. The maximum atomic E-state index is 9.97. The van der Waals surface area contributed by atoms with Gasteiger partial charge in [0.15, 0.2) is 0 Å². The molecule has 1 heteroatoms. The van der Waals surface area contributed by atoms with Gasteiger partial charge in [0.05, 0.1) is 0 Å². The van der Waals surface area contributed by atoms with E-state index < -0.39 is 0 Å². The van der Waals surface area contributed by atoms with Crippen LogP contribution < -0.4 is 0 Å². The minimum absolute atomic E-state index is 0.129. The second kappa shape index (κ2) is 10.5. The van der Waals surface area contributed by atoms with E-state index in [4.69, 9.17) is 0 Å². The van der Waals surface area contributed by atoms with Gasteiger partial charge in [0.25, 0.3) is 0 Å². The maximum absolute atomic E-state index is 9.97. The third-order valence-corrected chi connectivity index (χ3v) is 6.74. The fraction of sp³-hybridized carbons (Fsp3) is 0.786. The molecule has 1 fully saturated rings. The van der Waals surface area contributed by atoms with Gasteiger partial charge in [0, 0.05) is 6.61 Å². The number of hydrogen-bond acceptors (Lipinski definition) is 1. The number of fused-ring (bicyclic) bond motifs is 2. The van der Waals surface area contributed by atoms with Crippen LogP contribution in [-0.2, 0) is 0 Å². The molecule has 1 N–H and O–H groups in total. The number of aliphatic hydroxyl groups is 1. The second-order valence-electron chi connectivity index (χ2n) is 11.8. The molecule has 0 aromatic heterocycles. The molecular weight excluding hydrogens is 352 g/mol. The fourth-order valence-corrected chi connectivity index (χ4v) is 5.50. The van der Waals surface area contributed by atoms with Crippen molar-refractivity contribution in [3.63, 3.8) is 0 Å². The summed E-state index contributed by atoms with van der Waals surface area (Å²) in [6.45, 7) is 24.4. The molecule has 3 aliphatic carbocycles. The summed E-state index contributed by atoms with van der Waals surface area (Å²) in [5.41, 5.74) is 6.95. The third-order valence-electron chi connectivity index (χ3n) is 6.74. The summed E-state index contributed by atoms with van der Waals surface area (Å²) >= 11 is 0. The topological polar surface area (TPSA) is 20.2 Å². The molecule has 0 bridgehead atoms. The minimum Gasteiger partial charge on any atom is -0.396 e. The van der Waals surface area contributed by atoms with Gasteiger partial charge < -0.3 is 5.11 Å². The van der Waals surface area contributed by atoms with Crippen molar-refractivity contribution in [3.8, 4) is 0 Å². The highest BCUT2D eigenvalue weighted by Gasteiger charge is 2.52. The standard InChI is InChI=1S/C20H30O.C5H12.C3H8/c1-14(2)15-6-8-17-16(12-15)7-9-18-19(3,13-21)10-5-11-20(17,18)4;1-5(2,3)4;1-3-2/h12,18,21H,1,5-11,13H2,2-4H3;1-4H3;3H2,1-2H3. The van der Waals surface area contributed by atoms with Gasteiger partial charge in [0.1, 0.15) is 0 Å². The molecule has 3 atom stereocenters. The summed E-state index contributed by atoms with van der Waals surface area (Å²) in [5.74, 6) is 0.655. The summed E-state index contributed by atoms with van der Waals surface area (Å²) in [5, 5.41) is 9.97. The highest BCUT2D eigenvalue weighted by Crippen LogP contribution is 2.61. The summed E-state index contributed by atoms with van der Waals surface area (Å²) in [6, 6.07) is 0. The Hall–Kier alpha value is -0.820. The molecule has 0 aliphatic heterocycles. The monoisotopic (exact) mass is 402 g/mol. The first kappa shape index (κ1) is 26.2. The quantitative estimate of drug-likeness (QED) is 0.490. The number of rotatable bonds is 2. The van der Waals surface area contributed by atoms with Crippen LogP contribution in [0.25, 0.3) is 0 Å². The molecule has 3 aliphatic rings. The van der Waals surface area contributed by atoms with Gasteiger partial charge in [-0.2, -0.15) is 0 Å². The molecule has 1 nitrogen and oxygen atoms in total. The van der Waals surface area contributed by atoms with Crippen LogP contribution in [0.15, 0.2) is 34.9 Å². The van der Waals surface area contributed by atoms with Crippen LogP contribution in [0.5, 0.6) is 0 Å². The average Bonchev–Trinajstić information content (AvgIpc) is 2.60. The highest BCUT2D eigenvalue weighted by atomic mass is 16.3. The highest BCUT2D eigenvalue weighted by molar-refractivity contribution is 5.45. The van der Waals surface area contributed by atoms with E-state index >= 15 is 0 Å². The van der Waals surface area contributed by atoms with Gasteiger partial charge in [-0.05, 0) is 78.8 Å². The Morgan fingerprint density at radius 2 is 1.66 bits per heavy atom. The number of allylic oxidation sites excluding steroid dienone is 5. The maximum Gasteiger partial charge on any atom is 0.0487 e. The van der Waals surface area contributed by atoms with Crippen LogP contribution in [0.4, 0.5) is 0 Å². The number of aliphatic hydroxyl groups excluding tert-OH is 1. The lowest BCUT2D eigenvalue weighted by atomic mass is 9.49. The predicted molar refractivity (Wildman–Crippen MR) is 130 cm³/mol. The van der Waals surface area contributed by atoms with Crippen LogP contribution >= 0.6 is 0 Å². The second-order valence-corrected chi connectivity index (χ2v) is 11.8. The van der Waals surface area contributed by atoms with Crippen molar-refractivity contribution in [2.45, 2.75) is 114 Å². The Morgan fingerprint density at radius 3 is 2.14 bits per heavy atom. The van der Waals surface area contributed by atoms with E-state index in [1.54, 1.807) is 11.1 Å². The first-order chi connectivity index (χ1) is 13.3. The third kappa shape index (κ3) is 6.84. The molecule has 0 heterocycles. The van der Waals surface area contributed by atoms with Gasteiger partial charge in [0.2, 0.25) is 0 Å². The van der Waals surface area contributed by atoms with Crippen LogP contribution in [0.2, 0.25) is 0 Å². The van der Waals surface area contributed by atoms with Crippen molar-refractivity contribution < 1.29 is 5.11 Å². The molecule has 0 amide bonds. The van der Waals surface area contributed by atoms with E-state index in [-0.39, 0.29) is 5.41 Å². The fourth-order valence-electron chi connectivity index (χ4n) is 5.50. The van der Waals surface area contributed by atoms with Crippen molar-refractivity contribution in [1.82, 2.24) is 0 Å². The summed E-state index contributed by atoms with van der Waals surface area (Å²) in [6.07, 6.45) is 12.3. The van der Waals surface area contributed by atoms with E-state index in [1.807, 2.05) is 0 Å². The molecule has 168 valence electrons. The lowest BCUT2D eigenvalue weighted by Crippen LogP contribution is -2.48. The van der Waals surface area contributed by atoms with E-state index in [0.717, 1.165) is 6.42 Å². The van der Waals surface area contributed by atoms with Crippen LogP contribution in [-0.4, -0.2) is 11.7 Å². The lowest BCUT2D eigenvalue weighted by Gasteiger charge is -2.56. The van der Waals surface area contributed by atoms with Crippen molar-refractivity contribution in [2.24, 2.45) is 22.2 Å². The van der Waals surface area contributed by atoms with Crippen molar-refractivity contribution >= 4 is 0 Å². The molecule has 0 aromatic carbocycles. The first-order valence-electron chi connectivity index (χ1n) is 12.0. The molecule has 29 heavy (non-hydrogen) atoms. The van der Waals surface area contributed by atoms with Gasteiger partial charge in [-0.15, -0.1) is 0 Å². The Morgan fingerprint density at radius 1 is 1.10 bits per heavy atom. The van der Waals surface area contributed by atoms with Gasteiger partial charge in [-0.3, -0.25) is 0 Å². The molecule has 0 aromatic rings. The molecule has 3 rings (SSSR count). The van der Waals surface area contributed by atoms with E-state index in [1.165, 1.54) is 56.1 Å². The first-order valence-corrected chi connectivity index (χ1v) is 12.0. The molecular formula is C28H50O. The van der Waals surface area contributed by atoms with E-state index in [9.17, 15) is 5.11 Å². The van der Waals surface area contributed by atoms with E-state index in [2.05, 4.69) is 75.0 Å². The van der Waals surface area contributed by atoms with Crippen LogP contribution in [0.1, 0.15) is 114 Å². The molecule has 0 spiro atoms. The predicted octanol–water partition coefficient (Wildman–Crippen LogP) is 8.65. The van der Waals surface area contributed by atoms with Gasteiger partial charge in [-0.1, -0.05) is 92.0 Å². The average molecular weight is 403 g/mol. The van der Waals surface area contributed by atoms with Crippen LogP contribution in [0, 0.1) is 22.2 Å². The summed E-state index contributed by atoms with van der Waals surface area (Å²) in [7, 11) is 0. The Balaban J connectivity index is 0.000000452. The van der Waals surface area contributed by atoms with Crippen molar-refractivity contribution in [2.75, 3.05) is 6.61 Å². The zero-order chi connectivity index (χ0) is 22.5.